The van der Waals surface area contributed by atoms with Crippen LogP contribution in [0.15, 0.2) is 42.5 Å². The van der Waals surface area contributed by atoms with E-state index in [2.05, 4.69) is 5.32 Å². The van der Waals surface area contributed by atoms with Gasteiger partial charge in [0.1, 0.15) is 5.75 Å². The van der Waals surface area contributed by atoms with E-state index in [0.29, 0.717) is 42.9 Å². The lowest BCUT2D eigenvalue weighted by Gasteiger charge is -2.12. The fourth-order valence-electron chi connectivity index (χ4n) is 2.45. The van der Waals surface area contributed by atoms with Gasteiger partial charge in [0, 0.05) is 13.0 Å². The Morgan fingerprint density at radius 1 is 1.16 bits per heavy atom. The Labute approximate surface area is 151 Å². The highest BCUT2D eigenvalue weighted by atomic mass is 35.5. The molecule has 0 atom stereocenters. The molecule has 0 aromatic heterocycles. The molecule has 0 bridgehead atoms. The van der Waals surface area contributed by atoms with Crippen molar-refractivity contribution in [2.24, 2.45) is 0 Å². The number of halogens is 1. The van der Waals surface area contributed by atoms with Crippen LogP contribution in [0.4, 0.5) is 0 Å². The Hall–Kier alpha value is -2.40. The molecule has 132 valence electrons. The van der Waals surface area contributed by atoms with E-state index in [1.54, 1.807) is 6.07 Å². The summed E-state index contributed by atoms with van der Waals surface area (Å²) >= 11 is 6.25. The van der Waals surface area contributed by atoms with Crippen LogP contribution in [-0.2, 0) is 11.3 Å². The third-order valence-electron chi connectivity index (χ3n) is 3.69. The molecule has 0 saturated heterocycles. The van der Waals surface area contributed by atoms with Crippen molar-refractivity contribution in [3.05, 3.63) is 53.1 Å². The minimum Gasteiger partial charge on any atom is -0.493 e. The molecule has 0 fully saturated rings. The molecule has 25 heavy (non-hydrogen) atoms. The summed E-state index contributed by atoms with van der Waals surface area (Å²) in [5, 5.41) is 3.36. The minimum absolute atomic E-state index is 0.0841. The highest BCUT2D eigenvalue weighted by Crippen LogP contribution is 2.37. The maximum Gasteiger partial charge on any atom is 0.223 e. The van der Waals surface area contributed by atoms with E-state index < -0.39 is 0 Å². The summed E-state index contributed by atoms with van der Waals surface area (Å²) in [5.74, 6) is 1.87. The third kappa shape index (κ3) is 5.03. The van der Waals surface area contributed by atoms with Crippen molar-refractivity contribution in [3.63, 3.8) is 0 Å². The lowest BCUT2D eigenvalue weighted by Crippen LogP contribution is -2.24. The van der Waals surface area contributed by atoms with Crippen LogP contribution >= 0.6 is 11.6 Å². The van der Waals surface area contributed by atoms with Crippen molar-refractivity contribution in [1.82, 2.24) is 5.32 Å². The maximum absolute atomic E-state index is 12.0. The maximum atomic E-state index is 12.0. The molecular weight excluding hydrogens is 342 g/mol. The number of rotatable bonds is 6. The predicted octanol–water partition coefficient (Wildman–Crippen LogP) is 3.59. The van der Waals surface area contributed by atoms with E-state index in [-0.39, 0.29) is 12.3 Å². The molecule has 1 amide bonds. The summed E-state index contributed by atoms with van der Waals surface area (Å²) in [6.45, 7) is 1.89. The molecule has 0 saturated carbocycles. The second kappa shape index (κ2) is 8.62. The van der Waals surface area contributed by atoms with E-state index in [0.717, 1.165) is 17.7 Å². The molecule has 0 radical (unpaired) electrons. The van der Waals surface area contributed by atoms with Crippen molar-refractivity contribution in [1.29, 1.82) is 0 Å². The van der Waals surface area contributed by atoms with Crippen LogP contribution in [-0.4, -0.2) is 25.7 Å². The van der Waals surface area contributed by atoms with Crippen molar-refractivity contribution >= 4 is 17.5 Å². The fourth-order valence-corrected chi connectivity index (χ4v) is 2.74. The van der Waals surface area contributed by atoms with Crippen LogP contribution < -0.4 is 19.5 Å². The largest absolute Gasteiger partial charge is 0.493 e. The van der Waals surface area contributed by atoms with Crippen molar-refractivity contribution in [2.45, 2.75) is 19.4 Å². The number of hydrogen-bond donors (Lipinski definition) is 1. The van der Waals surface area contributed by atoms with Crippen LogP contribution in [0.2, 0.25) is 5.02 Å². The van der Waals surface area contributed by atoms with Gasteiger partial charge in [0.15, 0.2) is 11.5 Å². The van der Waals surface area contributed by atoms with E-state index in [1.807, 2.05) is 36.4 Å². The van der Waals surface area contributed by atoms with Gasteiger partial charge in [0.2, 0.25) is 5.91 Å². The summed E-state index contributed by atoms with van der Waals surface area (Å²) in [6.07, 6.45) is 1.10. The van der Waals surface area contributed by atoms with Crippen molar-refractivity contribution in [2.75, 3.05) is 19.8 Å². The van der Waals surface area contributed by atoms with E-state index in [1.165, 1.54) is 0 Å². The molecule has 3 rings (SSSR count). The molecule has 1 aliphatic rings. The summed E-state index contributed by atoms with van der Waals surface area (Å²) in [6, 6.07) is 13.1. The molecule has 0 unspecified atom stereocenters. The van der Waals surface area contributed by atoms with Gasteiger partial charge in [-0.2, -0.15) is 0 Å². The highest BCUT2D eigenvalue weighted by Gasteiger charge is 2.15. The zero-order chi connectivity index (χ0) is 17.5. The lowest BCUT2D eigenvalue weighted by atomic mass is 10.2. The van der Waals surface area contributed by atoms with Gasteiger partial charge >= 0.3 is 0 Å². The number of benzene rings is 2. The fraction of sp³-hybridized carbons (Fsp3) is 0.316. The number of hydrogen-bond acceptors (Lipinski definition) is 4. The number of para-hydroxylation sites is 1. The third-order valence-corrected chi connectivity index (χ3v) is 3.97. The molecule has 6 heteroatoms. The van der Waals surface area contributed by atoms with Crippen LogP contribution in [0.5, 0.6) is 17.2 Å². The Bertz CT molecular complexity index is 721. The second-order valence-corrected chi connectivity index (χ2v) is 6.05. The summed E-state index contributed by atoms with van der Waals surface area (Å²) < 4.78 is 16.8. The van der Waals surface area contributed by atoms with Crippen molar-refractivity contribution < 1.29 is 19.0 Å². The van der Waals surface area contributed by atoms with E-state index >= 15 is 0 Å². The number of ether oxygens (including phenoxy) is 3. The number of fused-ring (bicyclic) bond motifs is 1. The summed E-state index contributed by atoms with van der Waals surface area (Å²) in [4.78, 5) is 12.0. The van der Waals surface area contributed by atoms with E-state index in [4.69, 9.17) is 25.8 Å². The number of nitrogens with one attached hydrogen (secondary N) is 1. The zero-order valence-electron chi connectivity index (χ0n) is 13.8. The Morgan fingerprint density at radius 2 is 1.96 bits per heavy atom. The van der Waals surface area contributed by atoms with Gasteiger partial charge in [-0.05, 0) is 29.8 Å². The normalized spacial score (nSPS) is 13.0. The van der Waals surface area contributed by atoms with Crippen LogP contribution in [0, 0.1) is 0 Å². The van der Waals surface area contributed by atoms with Gasteiger partial charge in [-0.3, -0.25) is 4.79 Å². The number of amides is 1. The SMILES string of the molecule is O=C(CCOc1ccccc1)NCc1cc(Cl)c2c(c1)OCCCO2. The molecule has 1 aliphatic heterocycles. The Kier molecular flexibility index (Phi) is 6.01. The summed E-state index contributed by atoms with van der Waals surface area (Å²) in [7, 11) is 0. The van der Waals surface area contributed by atoms with Gasteiger partial charge in [-0.25, -0.2) is 0 Å². The van der Waals surface area contributed by atoms with Gasteiger partial charge in [-0.15, -0.1) is 0 Å². The first-order valence-electron chi connectivity index (χ1n) is 8.25. The molecule has 1 N–H and O–H groups in total. The molecule has 2 aromatic rings. The van der Waals surface area contributed by atoms with Crippen LogP contribution in [0.3, 0.4) is 0 Å². The highest BCUT2D eigenvalue weighted by molar-refractivity contribution is 6.32. The van der Waals surface area contributed by atoms with Gasteiger partial charge in [0.05, 0.1) is 31.3 Å². The average Bonchev–Trinajstić information content (AvgIpc) is 2.87. The standard InChI is InChI=1S/C19H20ClNO4/c20-16-11-14(12-17-19(16)25-9-4-8-24-17)13-21-18(22)7-10-23-15-5-2-1-3-6-15/h1-3,5-6,11-12H,4,7-10,13H2,(H,21,22). The lowest BCUT2D eigenvalue weighted by molar-refractivity contribution is -0.121. The number of carbonyl (C=O) groups is 1. The van der Waals surface area contributed by atoms with Gasteiger partial charge in [-0.1, -0.05) is 29.8 Å². The average molecular weight is 362 g/mol. The molecule has 5 nitrogen and oxygen atoms in total. The molecule has 2 aromatic carbocycles. The zero-order valence-corrected chi connectivity index (χ0v) is 14.6. The molecule has 0 spiro atoms. The van der Waals surface area contributed by atoms with Gasteiger partial charge in [0.25, 0.3) is 0 Å². The predicted molar refractivity (Wildman–Crippen MR) is 95.5 cm³/mol. The smallest absolute Gasteiger partial charge is 0.223 e. The first-order chi connectivity index (χ1) is 12.2. The number of carbonyl (C=O) groups excluding carboxylic acids is 1. The van der Waals surface area contributed by atoms with Gasteiger partial charge < -0.3 is 19.5 Å². The molecular formula is C19H20ClNO4. The molecule has 1 heterocycles. The first kappa shape index (κ1) is 17.4. The van der Waals surface area contributed by atoms with Crippen molar-refractivity contribution in [3.8, 4) is 17.2 Å². The van der Waals surface area contributed by atoms with Crippen LogP contribution in [0.1, 0.15) is 18.4 Å². The minimum atomic E-state index is -0.0841. The monoisotopic (exact) mass is 361 g/mol. The Balaban J connectivity index is 1.48. The molecule has 0 aliphatic carbocycles. The first-order valence-corrected chi connectivity index (χ1v) is 8.63. The topological polar surface area (TPSA) is 56.8 Å². The quantitative estimate of drug-likeness (QED) is 0.854. The Morgan fingerprint density at radius 3 is 2.80 bits per heavy atom. The van der Waals surface area contributed by atoms with E-state index in [9.17, 15) is 4.79 Å². The second-order valence-electron chi connectivity index (χ2n) is 5.64. The summed E-state index contributed by atoms with van der Waals surface area (Å²) in [5.41, 5.74) is 0.867. The van der Waals surface area contributed by atoms with Crippen LogP contribution in [0.25, 0.3) is 0 Å².